The zero-order valence-electron chi connectivity index (χ0n) is 10.8. The van der Waals surface area contributed by atoms with Crippen molar-refractivity contribution < 1.29 is 4.79 Å². The van der Waals surface area contributed by atoms with E-state index in [1.54, 1.807) is 0 Å². The molecule has 2 N–H and O–H groups in total. The summed E-state index contributed by atoms with van der Waals surface area (Å²) >= 11 is 0. The van der Waals surface area contributed by atoms with Crippen LogP contribution in [0.15, 0.2) is 24.3 Å². The first kappa shape index (κ1) is 13.5. The fraction of sp³-hybridized carbons (Fsp3) is 0.462. The number of carbonyl (C=O) groups excluding carboxylic acids is 1. The van der Waals surface area contributed by atoms with E-state index in [9.17, 15) is 4.79 Å². The SMILES string of the molecule is CNCCCNC(=O)c1cccc(N(C)C)c1. The van der Waals surface area contributed by atoms with E-state index in [0.717, 1.165) is 18.7 Å². The van der Waals surface area contributed by atoms with Gasteiger partial charge in [-0.3, -0.25) is 4.79 Å². The Balaban J connectivity index is 2.53. The predicted molar refractivity (Wildman–Crippen MR) is 71.6 cm³/mol. The van der Waals surface area contributed by atoms with Gasteiger partial charge in [-0.05, 0) is 38.2 Å². The van der Waals surface area contributed by atoms with Crippen molar-refractivity contribution in [1.29, 1.82) is 0 Å². The van der Waals surface area contributed by atoms with Crippen LogP contribution in [-0.4, -0.2) is 40.1 Å². The highest BCUT2D eigenvalue weighted by atomic mass is 16.1. The zero-order chi connectivity index (χ0) is 12.7. The summed E-state index contributed by atoms with van der Waals surface area (Å²) < 4.78 is 0. The predicted octanol–water partition coefficient (Wildman–Crippen LogP) is 1.09. The molecular formula is C13H21N3O. The molecule has 17 heavy (non-hydrogen) atoms. The number of hydrogen-bond donors (Lipinski definition) is 2. The van der Waals surface area contributed by atoms with Gasteiger partial charge in [-0.2, -0.15) is 0 Å². The summed E-state index contributed by atoms with van der Waals surface area (Å²) in [6.07, 6.45) is 0.940. The van der Waals surface area contributed by atoms with Crippen molar-refractivity contribution >= 4 is 11.6 Å². The Labute approximate surface area is 103 Å². The van der Waals surface area contributed by atoms with Gasteiger partial charge < -0.3 is 15.5 Å². The lowest BCUT2D eigenvalue weighted by atomic mass is 10.2. The van der Waals surface area contributed by atoms with Gasteiger partial charge in [-0.25, -0.2) is 0 Å². The van der Waals surface area contributed by atoms with Gasteiger partial charge >= 0.3 is 0 Å². The Morgan fingerprint density at radius 3 is 2.71 bits per heavy atom. The van der Waals surface area contributed by atoms with Crippen molar-refractivity contribution in [1.82, 2.24) is 10.6 Å². The Morgan fingerprint density at radius 1 is 1.29 bits per heavy atom. The summed E-state index contributed by atoms with van der Waals surface area (Å²) in [5.74, 6) is -0.00944. The molecule has 0 heterocycles. The molecule has 0 saturated carbocycles. The third-order valence-electron chi connectivity index (χ3n) is 2.51. The monoisotopic (exact) mass is 235 g/mol. The minimum Gasteiger partial charge on any atom is -0.378 e. The third kappa shape index (κ3) is 4.44. The summed E-state index contributed by atoms with van der Waals surface area (Å²) in [5.41, 5.74) is 1.74. The molecule has 94 valence electrons. The summed E-state index contributed by atoms with van der Waals surface area (Å²) in [6, 6.07) is 7.61. The maximum absolute atomic E-state index is 11.8. The highest BCUT2D eigenvalue weighted by Crippen LogP contribution is 2.13. The van der Waals surface area contributed by atoms with Gasteiger partial charge in [-0.1, -0.05) is 6.07 Å². The van der Waals surface area contributed by atoms with Gasteiger partial charge in [0.05, 0.1) is 0 Å². The number of hydrogen-bond acceptors (Lipinski definition) is 3. The van der Waals surface area contributed by atoms with E-state index in [0.29, 0.717) is 12.1 Å². The van der Waals surface area contributed by atoms with Gasteiger partial charge in [0.1, 0.15) is 0 Å². The summed E-state index contributed by atoms with van der Waals surface area (Å²) in [5, 5.41) is 5.95. The third-order valence-corrected chi connectivity index (χ3v) is 2.51. The molecule has 1 amide bonds. The van der Waals surface area contributed by atoms with Crippen molar-refractivity contribution in [2.75, 3.05) is 39.1 Å². The number of nitrogens with zero attached hydrogens (tertiary/aromatic N) is 1. The van der Waals surface area contributed by atoms with E-state index in [4.69, 9.17) is 0 Å². The second kappa shape index (κ2) is 6.91. The second-order valence-electron chi connectivity index (χ2n) is 4.16. The number of benzene rings is 1. The van der Waals surface area contributed by atoms with E-state index in [2.05, 4.69) is 10.6 Å². The minimum atomic E-state index is -0.00944. The van der Waals surface area contributed by atoms with Crippen molar-refractivity contribution in [3.8, 4) is 0 Å². The Morgan fingerprint density at radius 2 is 2.06 bits per heavy atom. The molecular weight excluding hydrogens is 214 g/mol. The number of rotatable bonds is 6. The van der Waals surface area contributed by atoms with Crippen LogP contribution in [0.3, 0.4) is 0 Å². The Hall–Kier alpha value is -1.55. The van der Waals surface area contributed by atoms with Crippen LogP contribution in [0.1, 0.15) is 16.8 Å². The lowest BCUT2D eigenvalue weighted by Crippen LogP contribution is -2.26. The van der Waals surface area contributed by atoms with Gasteiger partial charge in [-0.15, -0.1) is 0 Å². The van der Waals surface area contributed by atoms with E-state index >= 15 is 0 Å². The molecule has 0 aliphatic rings. The summed E-state index contributed by atoms with van der Waals surface area (Å²) in [6.45, 7) is 1.61. The number of carbonyl (C=O) groups is 1. The van der Waals surface area contributed by atoms with Crippen molar-refractivity contribution in [3.63, 3.8) is 0 Å². The van der Waals surface area contributed by atoms with Gasteiger partial charge in [0, 0.05) is 31.9 Å². The maximum atomic E-state index is 11.8. The van der Waals surface area contributed by atoms with Crippen LogP contribution in [-0.2, 0) is 0 Å². The first-order valence-corrected chi connectivity index (χ1v) is 5.85. The Kier molecular flexibility index (Phi) is 5.49. The maximum Gasteiger partial charge on any atom is 0.251 e. The average molecular weight is 235 g/mol. The van der Waals surface area contributed by atoms with Crippen LogP contribution >= 0.6 is 0 Å². The molecule has 1 rings (SSSR count). The molecule has 0 radical (unpaired) electrons. The van der Waals surface area contributed by atoms with Crippen LogP contribution in [0, 0.1) is 0 Å². The number of anilines is 1. The van der Waals surface area contributed by atoms with Crippen molar-refractivity contribution in [2.24, 2.45) is 0 Å². The molecule has 0 aromatic heterocycles. The van der Waals surface area contributed by atoms with E-state index in [1.807, 2.05) is 50.3 Å². The standard InChI is InChI=1S/C13H21N3O/c1-14-8-5-9-15-13(17)11-6-4-7-12(10-11)16(2)3/h4,6-7,10,14H,5,8-9H2,1-3H3,(H,15,17). The van der Waals surface area contributed by atoms with Crippen LogP contribution in [0.5, 0.6) is 0 Å². The first-order chi connectivity index (χ1) is 8.15. The molecule has 0 spiro atoms. The van der Waals surface area contributed by atoms with Crippen LogP contribution < -0.4 is 15.5 Å². The number of amides is 1. The molecule has 0 unspecified atom stereocenters. The average Bonchev–Trinajstić information content (AvgIpc) is 2.34. The van der Waals surface area contributed by atoms with Gasteiger partial charge in [0.15, 0.2) is 0 Å². The normalized spacial score (nSPS) is 10.1. The van der Waals surface area contributed by atoms with Crippen molar-refractivity contribution in [2.45, 2.75) is 6.42 Å². The quantitative estimate of drug-likeness (QED) is 0.726. The lowest BCUT2D eigenvalue weighted by molar-refractivity contribution is 0.0953. The summed E-state index contributed by atoms with van der Waals surface area (Å²) in [4.78, 5) is 13.8. The van der Waals surface area contributed by atoms with E-state index in [-0.39, 0.29) is 5.91 Å². The lowest BCUT2D eigenvalue weighted by Gasteiger charge is -2.13. The molecule has 0 aliphatic heterocycles. The molecule has 0 saturated heterocycles. The molecule has 0 bridgehead atoms. The van der Waals surface area contributed by atoms with Crippen molar-refractivity contribution in [3.05, 3.63) is 29.8 Å². The highest BCUT2D eigenvalue weighted by molar-refractivity contribution is 5.95. The minimum absolute atomic E-state index is 0.00944. The van der Waals surface area contributed by atoms with Crippen LogP contribution in [0.25, 0.3) is 0 Å². The first-order valence-electron chi connectivity index (χ1n) is 5.85. The number of nitrogens with one attached hydrogen (secondary N) is 2. The van der Waals surface area contributed by atoms with Gasteiger partial charge in [0.2, 0.25) is 0 Å². The summed E-state index contributed by atoms with van der Waals surface area (Å²) in [7, 11) is 5.83. The molecule has 0 aliphatic carbocycles. The molecule has 4 nitrogen and oxygen atoms in total. The van der Waals surface area contributed by atoms with E-state index in [1.165, 1.54) is 0 Å². The largest absolute Gasteiger partial charge is 0.378 e. The zero-order valence-corrected chi connectivity index (χ0v) is 10.8. The molecule has 0 atom stereocenters. The van der Waals surface area contributed by atoms with Crippen LogP contribution in [0.2, 0.25) is 0 Å². The second-order valence-corrected chi connectivity index (χ2v) is 4.16. The fourth-order valence-electron chi connectivity index (χ4n) is 1.49. The molecule has 1 aromatic carbocycles. The molecule has 0 fully saturated rings. The molecule has 1 aromatic rings. The van der Waals surface area contributed by atoms with Crippen LogP contribution in [0.4, 0.5) is 5.69 Å². The van der Waals surface area contributed by atoms with E-state index < -0.39 is 0 Å². The fourth-order valence-corrected chi connectivity index (χ4v) is 1.49. The van der Waals surface area contributed by atoms with Gasteiger partial charge in [0.25, 0.3) is 5.91 Å². The smallest absolute Gasteiger partial charge is 0.251 e. The Bertz CT molecular complexity index is 363. The molecule has 4 heteroatoms. The highest BCUT2D eigenvalue weighted by Gasteiger charge is 2.05. The topological polar surface area (TPSA) is 44.4 Å².